The van der Waals surface area contributed by atoms with E-state index in [0.29, 0.717) is 10.8 Å². The Morgan fingerprint density at radius 1 is 1.28 bits per heavy atom. The van der Waals surface area contributed by atoms with E-state index in [1.165, 1.54) is 32.1 Å². The van der Waals surface area contributed by atoms with Crippen LogP contribution < -0.4 is 10.5 Å². The number of thiazole rings is 1. The molecular weight excluding hydrogens is 360 g/mol. The van der Waals surface area contributed by atoms with Gasteiger partial charge in [-0.1, -0.05) is 30.6 Å². The molecule has 9 heteroatoms. The number of sulfonamides is 1. The van der Waals surface area contributed by atoms with Crippen LogP contribution in [-0.4, -0.2) is 57.7 Å². The molecule has 0 atom stereocenters. The molecule has 25 heavy (non-hydrogen) atoms. The maximum Gasteiger partial charge on any atom is 0.249 e. The van der Waals surface area contributed by atoms with Crippen molar-refractivity contribution in [1.82, 2.24) is 9.88 Å². The summed E-state index contributed by atoms with van der Waals surface area (Å²) < 4.78 is 28.8. The lowest BCUT2D eigenvalue weighted by molar-refractivity contribution is 0.0103. The van der Waals surface area contributed by atoms with Gasteiger partial charge in [0.2, 0.25) is 10.0 Å². The van der Waals surface area contributed by atoms with Gasteiger partial charge in [0, 0.05) is 31.6 Å². The molecule has 2 aliphatic rings. The quantitative estimate of drug-likeness (QED) is 0.771. The number of morpholine rings is 1. The van der Waals surface area contributed by atoms with Gasteiger partial charge in [-0.2, -0.15) is 0 Å². The minimum atomic E-state index is -3.70. The van der Waals surface area contributed by atoms with Gasteiger partial charge >= 0.3 is 0 Å². The molecule has 2 fully saturated rings. The number of nitrogens with one attached hydrogen (secondary N) is 1. The molecule has 7 nitrogen and oxygen atoms in total. The Balaban J connectivity index is 1.68. The van der Waals surface area contributed by atoms with Crippen molar-refractivity contribution in [3.63, 3.8) is 0 Å². The van der Waals surface area contributed by atoms with Crippen molar-refractivity contribution in [2.75, 3.05) is 44.7 Å². The highest BCUT2D eigenvalue weighted by Gasteiger charge is 2.34. The molecule has 3 rings (SSSR count). The lowest BCUT2D eigenvalue weighted by Gasteiger charge is -2.42. The smallest absolute Gasteiger partial charge is 0.249 e. The number of hydrogen-bond donors (Lipinski definition) is 2. The zero-order valence-electron chi connectivity index (χ0n) is 14.8. The average Bonchev–Trinajstić information content (AvgIpc) is 2.96. The molecule has 1 saturated carbocycles. The summed E-state index contributed by atoms with van der Waals surface area (Å²) in [5.74, 6) is 0. The fourth-order valence-electron chi connectivity index (χ4n) is 3.91. The van der Waals surface area contributed by atoms with Gasteiger partial charge in [0.25, 0.3) is 0 Å². The van der Waals surface area contributed by atoms with Crippen LogP contribution in [0.15, 0.2) is 4.21 Å². The summed E-state index contributed by atoms with van der Waals surface area (Å²) >= 11 is 1.13. The number of aromatic nitrogens is 1. The highest BCUT2D eigenvalue weighted by Crippen LogP contribution is 2.38. The molecule has 1 aromatic rings. The number of rotatable bonds is 6. The summed E-state index contributed by atoms with van der Waals surface area (Å²) in [6.07, 6.45) is 6.21. The summed E-state index contributed by atoms with van der Waals surface area (Å²) in [4.78, 5) is 6.85. The Bertz CT molecular complexity index is 678. The first-order valence-corrected chi connectivity index (χ1v) is 11.3. The van der Waals surface area contributed by atoms with Crippen molar-refractivity contribution in [3.05, 3.63) is 5.69 Å². The maximum atomic E-state index is 11.6. The Kier molecular flexibility index (Phi) is 5.99. The van der Waals surface area contributed by atoms with E-state index in [1.807, 2.05) is 0 Å². The number of hydrogen-bond acceptors (Lipinski definition) is 7. The van der Waals surface area contributed by atoms with Crippen molar-refractivity contribution in [2.45, 2.75) is 43.2 Å². The molecule has 0 spiro atoms. The van der Waals surface area contributed by atoms with E-state index in [1.54, 1.807) is 6.92 Å². The zero-order valence-corrected chi connectivity index (χ0v) is 16.4. The fraction of sp³-hybridized carbons (Fsp3) is 0.812. The maximum absolute atomic E-state index is 11.6. The van der Waals surface area contributed by atoms with E-state index in [9.17, 15) is 8.42 Å². The number of primary sulfonamides is 1. The molecule has 0 bridgehead atoms. The van der Waals surface area contributed by atoms with Crippen molar-refractivity contribution >= 4 is 26.5 Å². The molecule has 0 unspecified atom stereocenters. The van der Waals surface area contributed by atoms with Crippen LogP contribution in [0.4, 0.5) is 5.13 Å². The van der Waals surface area contributed by atoms with Crippen LogP contribution >= 0.6 is 11.3 Å². The molecule has 0 aromatic carbocycles. The van der Waals surface area contributed by atoms with Crippen LogP contribution in [0.3, 0.4) is 0 Å². The molecule has 0 radical (unpaired) electrons. The van der Waals surface area contributed by atoms with Gasteiger partial charge in [0.05, 0.1) is 18.9 Å². The third kappa shape index (κ3) is 4.91. The Morgan fingerprint density at radius 3 is 2.56 bits per heavy atom. The van der Waals surface area contributed by atoms with Crippen LogP contribution in [0.1, 0.15) is 37.8 Å². The van der Waals surface area contributed by atoms with E-state index in [2.05, 4.69) is 15.2 Å². The fourth-order valence-corrected chi connectivity index (χ4v) is 5.77. The standard InChI is InChI=1S/C16H28N4O3S2/c1-13-14(25(17,21)22)24-15(19-13)18-11-16(5-3-2-4-6-16)12-20-7-9-23-10-8-20/h2-12H2,1H3,(H,18,19)(H2,17,21,22). The second kappa shape index (κ2) is 7.87. The van der Waals surface area contributed by atoms with Crippen molar-refractivity contribution < 1.29 is 13.2 Å². The van der Waals surface area contributed by atoms with Gasteiger partial charge in [0.15, 0.2) is 9.34 Å². The molecule has 1 aliphatic heterocycles. The Labute approximate surface area is 154 Å². The van der Waals surface area contributed by atoms with E-state index >= 15 is 0 Å². The monoisotopic (exact) mass is 388 g/mol. The van der Waals surface area contributed by atoms with Gasteiger partial charge in [0.1, 0.15) is 0 Å². The van der Waals surface area contributed by atoms with Crippen LogP contribution in [-0.2, 0) is 14.8 Å². The van der Waals surface area contributed by atoms with Crippen molar-refractivity contribution in [1.29, 1.82) is 0 Å². The first-order valence-electron chi connectivity index (χ1n) is 8.92. The second-order valence-corrected chi connectivity index (χ2v) is 10.00. The van der Waals surface area contributed by atoms with Gasteiger partial charge < -0.3 is 10.1 Å². The molecule has 1 saturated heterocycles. The number of aryl methyl sites for hydroxylation is 1. The molecule has 1 aromatic heterocycles. The van der Waals surface area contributed by atoms with Crippen LogP contribution in [0.5, 0.6) is 0 Å². The van der Waals surface area contributed by atoms with Gasteiger partial charge in [-0.15, -0.1) is 0 Å². The summed E-state index contributed by atoms with van der Waals surface area (Å²) in [6, 6.07) is 0. The lowest BCUT2D eigenvalue weighted by atomic mass is 9.73. The Hall–Kier alpha value is -0.740. The number of ether oxygens (including phenoxy) is 1. The van der Waals surface area contributed by atoms with E-state index in [4.69, 9.17) is 9.88 Å². The van der Waals surface area contributed by atoms with E-state index in [0.717, 1.165) is 50.7 Å². The first kappa shape index (κ1) is 19.0. The summed E-state index contributed by atoms with van der Waals surface area (Å²) in [6.45, 7) is 7.18. The Morgan fingerprint density at radius 2 is 1.96 bits per heavy atom. The summed E-state index contributed by atoms with van der Waals surface area (Å²) in [5, 5.41) is 9.31. The average molecular weight is 389 g/mol. The van der Waals surface area contributed by atoms with Crippen molar-refractivity contribution in [2.24, 2.45) is 10.6 Å². The molecule has 3 N–H and O–H groups in total. The summed E-state index contributed by atoms with van der Waals surface area (Å²) in [7, 11) is -3.70. The largest absolute Gasteiger partial charge is 0.379 e. The molecule has 2 heterocycles. The number of anilines is 1. The van der Waals surface area contributed by atoms with E-state index in [-0.39, 0.29) is 9.62 Å². The SMILES string of the molecule is Cc1nc(NCC2(CN3CCOCC3)CCCCC2)sc1S(N)(=O)=O. The van der Waals surface area contributed by atoms with Gasteiger partial charge in [-0.3, -0.25) is 4.90 Å². The minimum absolute atomic E-state index is 0.154. The van der Waals surface area contributed by atoms with Crippen LogP contribution in [0, 0.1) is 12.3 Å². The highest BCUT2D eigenvalue weighted by molar-refractivity contribution is 7.91. The molecule has 142 valence electrons. The zero-order chi connectivity index (χ0) is 17.9. The van der Waals surface area contributed by atoms with Crippen LogP contribution in [0.25, 0.3) is 0 Å². The lowest BCUT2D eigenvalue weighted by Crippen LogP contribution is -2.47. The third-order valence-electron chi connectivity index (χ3n) is 5.20. The topological polar surface area (TPSA) is 97.5 Å². The number of nitrogens with zero attached hydrogens (tertiary/aromatic N) is 2. The molecule has 0 amide bonds. The van der Waals surface area contributed by atoms with Crippen LogP contribution in [0.2, 0.25) is 0 Å². The minimum Gasteiger partial charge on any atom is -0.379 e. The van der Waals surface area contributed by atoms with Crippen molar-refractivity contribution in [3.8, 4) is 0 Å². The third-order valence-corrected chi connectivity index (χ3v) is 7.87. The second-order valence-electron chi connectivity index (χ2n) is 7.24. The normalized spacial score (nSPS) is 22.0. The highest BCUT2D eigenvalue weighted by atomic mass is 32.2. The molecule has 1 aliphatic carbocycles. The first-order chi connectivity index (χ1) is 11.9. The van der Waals surface area contributed by atoms with Gasteiger partial charge in [-0.05, 0) is 19.8 Å². The molecular formula is C16H28N4O3S2. The predicted octanol–water partition coefficient (Wildman–Crippen LogP) is 1.79. The van der Waals surface area contributed by atoms with E-state index < -0.39 is 10.0 Å². The summed E-state index contributed by atoms with van der Waals surface area (Å²) in [5.41, 5.74) is 0.692. The van der Waals surface area contributed by atoms with Gasteiger partial charge in [-0.25, -0.2) is 18.5 Å². The predicted molar refractivity (Wildman–Crippen MR) is 99.5 cm³/mol. The number of nitrogens with two attached hydrogens (primary N) is 1.